The first-order valence-electron chi connectivity index (χ1n) is 8.27. The summed E-state index contributed by atoms with van der Waals surface area (Å²) in [6.07, 6.45) is 12.7. The van der Waals surface area contributed by atoms with Crippen LogP contribution in [-0.2, 0) is 0 Å². The Morgan fingerprint density at radius 2 is 1.59 bits per heavy atom. The molecule has 1 aromatic carbocycles. The van der Waals surface area contributed by atoms with E-state index in [4.69, 9.17) is 4.74 Å². The second-order valence-electron chi connectivity index (χ2n) is 5.49. The summed E-state index contributed by atoms with van der Waals surface area (Å²) >= 11 is 0. The molecule has 4 nitrogen and oxygen atoms in total. The molecule has 0 aliphatic rings. The molecule has 0 spiro atoms. The van der Waals surface area contributed by atoms with Gasteiger partial charge in [-0.1, -0.05) is 64.0 Å². The first kappa shape index (κ1) is 18.2. The minimum Gasteiger partial charge on any atom is -0.494 e. The number of benzene rings is 1. The largest absolute Gasteiger partial charge is 0.494 e. The lowest BCUT2D eigenvalue weighted by molar-refractivity contribution is -0.400. The predicted octanol–water partition coefficient (Wildman–Crippen LogP) is 5.45. The molecule has 0 heterocycles. The maximum atomic E-state index is 10.2. The quantitative estimate of drug-likeness (QED) is 0.293. The van der Waals surface area contributed by atoms with Crippen molar-refractivity contribution in [1.29, 1.82) is 0 Å². The van der Waals surface area contributed by atoms with Crippen LogP contribution in [0.4, 0.5) is 0 Å². The summed E-state index contributed by atoms with van der Waals surface area (Å²) in [7, 11) is 0. The van der Waals surface area contributed by atoms with E-state index in [2.05, 4.69) is 6.92 Å². The standard InChI is InChI=1S/C18H27NO3/c1-2-3-4-5-6-7-8-9-16-22-18-12-10-17(11-13-18)14-15-19(20)21/h10-15H,2-9,16H2,1H3/b15-14+. The molecule has 0 N–H and O–H groups in total. The van der Waals surface area contributed by atoms with E-state index < -0.39 is 4.92 Å². The van der Waals surface area contributed by atoms with Crippen molar-refractivity contribution in [1.82, 2.24) is 0 Å². The van der Waals surface area contributed by atoms with Crippen LogP contribution in [-0.4, -0.2) is 11.5 Å². The molecular weight excluding hydrogens is 278 g/mol. The molecular formula is C18H27NO3. The Kier molecular flexibility index (Phi) is 9.75. The minimum absolute atomic E-state index is 0.466. The van der Waals surface area contributed by atoms with Crippen molar-refractivity contribution < 1.29 is 9.66 Å². The summed E-state index contributed by atoms with van der Waals surface area (Å²) in [6, 6.07) is 7.35. The van der Waals surface area contributed by atoms with Gasteiger partial charge in [0.15, 0.2) is 0 Å². The maximum absolute atomic E-state index is 10.2. The van der Waals surface area contributed by atoms with Gasteiger partial charge in [0.2, 0.25) is 6.20 Å². The van der Waals surface area contributed by atoms with Crippen LogP contribution in [0.2, 0.25) is 0 Å². The summed E-state index contributed by atoms with van der Waals surface area (Å²) in [6.45, 7) is 2.97. The van der Waals surface area contributed by atoms with E-state index in [0.717, 1.165) is 30.5 Å². The van der Waals surface area contributed by atoms with Crippen LogP contribution >= 0.6 is 0 Å². The van der Waals surface area contributed by atoms with Crippen LogP contribution in [0, 0.1) is 10.1 Å². The molecule has 0 atom stereocenters. The van der Waals surface area contributed by atoms with Crippen LogP contribution in [0.5, 0.6) is 5.75 Å². The smallest absolute Gasteiger partial charge is 0.235 e. The van der Waals surface area contributed by atoms with E-state index in [-0.39, 0.29) is 0 Å². The van der Waals surface area contributed by atoms with Crippen LogP contribution in [0.1, 0.15) is 63.9 Å². The third kappa shape index (κ3) is 9.16. The van der Waals surface area contributed by atoms with Gasteiger partial charge in [-0.2, -0.15) is 0 Å². The van der Waals surface area contributed by atoms with Crippen molar-refractivity contribution in [3.05, 3.63) is 46.1 Å². The molecule has 1 aromatic rings. The monoisotopic (exact) mass is 305 g/mol. The highest BCUT2D eigenvalue weighted by Gasteiger charge is 1.96. The Balaban J connectivity index is 2.09. The fraction of sp³-hybridized carbons (Fsp3) is 0.556. The summed E-state index contributed by atoms with van der Waals surface area (Å²) in [5.41, 5.74) is 0.802. The second kappa shape index (κ2) is 11.8. The summed E-state index contributed by atoms with van der Waals surface area (Å²) in [5, 5.41) is 10.2. The Hall–Kier alpha value is -1.84. The number of nitro groups is 1. The molecule has 1 rings (SSSR count). The summed E-state index contributed by atoms with van der Waals surface area (Å²) in [5.74, 6) is 0.821. The van der Waals surface area contributed by atoms with E-state index >= 15 is 0 Å². The van der Waals surface area contributed by atoms with Crippen molar-refractivity contribution in [3.8, 4) is 5.75 Å². The molecule has 22 heavy (non-hydrogen) atoms. The molecule has 0 bridgehead atoms. The van der Waals surface area contributed by atoms with Gasteiger partial charge < -0.3 is 4.74 Å². The molecule has 0 unspecified atom stereocenters. The third-order valence-electron chi connectivity index (χ3n) is 3.54. The Morgan fingerprint density at radius 3 is 2.18 bits per heavy atom. The Morgan fingerprint density at radius 1 is 1.00 bits per heavy atom. The van der Waals surface area contributed by atoms with Gasteiger partial charge in [-0.3, -0.25) is 10.1 Å². The fourth-order valence-corrected chi connectivity index (χ4v) is 2.25. The molecule has 122 valence electrons. The maximum Gasteiger partial charge on any atom is 0.235 e. The number of rotatable bonds is 12. The first-order valence-corrected chi connectivity index (χ1v) is 8.27. The van der Waals surface area contributed by atoms with E-state index in [0.29, 0.717) is 0 Å². The van der Waals surface area contributed by atoms with Gasteiger partial charge in [0.05, 0.1) is 11.5 Å². The van der Waals surface area contributed by atoms with Gasteiger partial charge in [0, 0.05) is 6.08 Å². The highest BCUT2D eigenvalue weighted by molar-refractivity contribution is 5.49. The normalized spacial score (nSPS) is 11.0. The molecule has 0 saturated heterocycles. The molecule has 0 aliphatic heterocycles. The van der Waals surface area contributed by atoms with Crippen LogP contribution < -0.4 is 4.74 Å². The van der Waals surface area contributed by atoms with Crippen molar-refractivity contribution in [2.45, 2.75) is 58.3 Å². The van der Waals surface area contributed by atoms with E-state index in [1.54, 1.807) is 0 Å². The van der Waals surface area contributed by atoms with Crippen molar-refractivity contribution in [2.24, 2.45) is 0 Å². The lowest BCUT2D eigenvalue weighted by Crippen LogP contribution is -1.97. The Labute approximate surface area is 133 Å². The van der Waals surface area contributed by atoms with E-state index in [9.17, 15) is 10.1 Å². The van der Waals surface area contributed by atoms with Crippen LogP contribution in [0.25, 0.3) is 6.08 Å². The second-order valence-corrected chi connectivity index (χ2v) is 5.49. The van der Waals surface area contributed by atoms with E-state index in [1.165, 1.54) is 51.0 Å². The molecule has 0 aliphatic carbocycles. The zero-order chi connectivity index (χ0) is 16.0. The molecule has 0 amide bonds. The summed E-state index contributed by atoms with van der Waals surface area (Å²) < 4.78 is 5.67. The van der Waals surface area contributed by atoms with E-state index in [1.807, 2.05) is 24.3 Å². The average Bonchev–Trinajstić information content (AvgIpc) is 2.52. The van der Waals surface area contributed by atoms with Gasteiger partial charge in [-0.15, -0.1) is 0 Å². The summed E-state index contributed by atoms with van der Waals surface area (Å²) in [4.78, 5) is 9.77. The zero-order valence-electron chi connectivity index (χ0n) is 13.5. The first-order chi connectivity index (χ1) is 10.7. The van der Waals surface area contributed by atoms with Gasteiger partial charge in [-0.25, -0.2) is 0 Å². The topological polar surface area (TPSA) is 52.4 Å². The highest BCUT2D eigenvalue weighted by Crippen LogP contribution is 2.14. The highest BCUT2D eigenvalue weighted by atomic mass is 16.6. The molecule has 0 fully saturated rings. The van der Waals surface area contributed by atoms with Gasteiger partial charge in [0.25, 0.3) is 0 Å². The fourth-order valence-electron chi connectivity index (χ4n) is 2.25. The average molecular weight is 305 g/mol. The molecule has 0 radical (unpaired) electrons. The van der Waals surface area contributed by atoms with Crippen LogP contribution in [0.3, 0.4) is 0 Å². The SMILES string of the molecule is CCCCCCCCCCOc1ccc(/C=C/[N+](=O)[O-])cc1. The lowest BCUT2D eigenvalue weighted by atomic mass is 10.1. The third-order valence-corrected chi connectivity index (χ3v) is 3.54. The van der Waals surface area contributed by atoms with Crippen LogP contribution in [0.15, 0.2) is 30.5 Å². The number of unbranched alkanes of at least 4 members (excludes halogenated alkanes) is 7. The van der Waals surface area contributed by atoms with Crippen molar-refractivity contribution in [3.63, 3.8) is 0 Å². The Bertz CT molecular complexity index is 440. The number of hydrogen-bond donors (Lipinski definition) is 0. The lowest BCUT2D eigenvalue weighted by Gasteiger charge is -2.06. The predicted molar refractivity (Wildman–Crippen MR) is 90.6 cm³/mol. The zero-order valence-corrected chi connectivity index (χ0v) is 13.5. The van der Waals surface area contributed by atoms with Crippen molar-refractivity contribution >= 4 is 6.08 Å². The van der Waals surface area contributed by atoms with Gasteiger partial charge >= 0.3 is 0 Å². The number of ether oxygens (including phenoxy) is 1. The van der Waals surface area contributed by atoms with Gasteiger partial charge in [-0.05, 0) is 24.1 Å². The molecule has 4 heteroatoms. The van der Waals surface area contributed by atoms with Gasteiger partial charge in [0.1, 0.15) is 5.75 Å². The van der Waals surface area contributed by atoms with Crippen molar-refractivity contribution in [2.75, 3.05) is 6.61 Å². The molecule has 0 aromatic heterocycles. The number of hydrogen-bond acceptors (Lipinski definition) is 3. The molecule has 0 saturated carbocycles. The number of nitrogens with zero attached hydrogens (tertiary/aromatic N) is 1. The minimum atomic E-state index is -0.466.